The second-order valence-electron chi connectivity index (χ2n) is 5.57. The van der Waals surface area contributed by atoms with E-state index < -0.39 is 0 Å². The zero-order valence-corrected chi connectivity index (χ0v) is 18.5. The molecule has 0 aliphatic carbocycles. The number of nitrogens with one attached hydrogen (secondary N) is 1. The van der Waals surface area contributed by atoms with Crippen LogP contribution in [0.2, 0.25) is 0 Å². The third-order valence-corrected chi connectivity index (χ3v) is 5.29. The number of nitrogens with zero attached hydrogens (tertiary/aromatic N) is 1. The molecule has 0 saturated carbocycles. The molecule has 0 saturated heterocycles. The Morgan fingerprint density at radius 1 is 1.04 bits per heavy atom. The first-order chi connectivity index (χ1) is 12.9. The van der Waals surface area contributed by atoms with Gasteiger partial charge in [-0.2, -0.15) is 5.10 Å². The number of halogens is 3. The van der Waals surface area contributed by atoms with Gasteiger partial charge in [-0.1, -0.05) is 28.1 Å². The van der Waals surface area contributed by atoms with Crippen molar-refractivity contribution in [3.8, 4) is 11.5 Å². The number of aromatic hydroxyl groups is 1. The summed E-state index contributed by atoms with van der Waals surface area (Å²) >= 11 is 9.91. The molecule has 2 N–H and O–H groups in total. The fourth-order valence-electron chi connectivity index (χ4n) is 2.30. The molecule has 0 bridgehead atoms. The van der Waals surface area contributed by atoms with E-state index in [-0.39, 0.29) is 18.3 Å². The van der Waals surface area contributed by atoms with Crippen molar-refractivity contribution in [3.63, 3.8) is 0 Å². The van der Waals surface area contributed by atoms with Gasteiger partial charge in [-0.05, 0) is 84.6 Å². The summed E-state index contributed by atoms with van der Waals surface area (Å²) in [5.74, 6) is 0.335. The summed E-state index contributed by atoms with van der Waals surface area (Å²) in [5.41, 5.74) is 3.11. The van der Waals surface area contributed by atoms with Crippen molar-refractivity contribution in [1.29, 1.82) is 0 Å². The molecule has 0 radical (unpaired) electrons. The molecule has 3 aromatic rings. The average molecular weight is 557 g/mol. The predicted molar refractivity (Wildman–Crippen MR) is 116 cm³/mol. The van der Waals surface area contributed by atoms with Gasteiger partial charge < -0.3 is 9.84 Å². The number of hydrogen-bond donors (Lipinski definition) is 2. The molecule has 0 fully saturated rings. The summed E-state index contributed by atoms with van der Waals surface area (Å²) in [4.78, 5) is 11.9. The minimum absolute atomic E-state index is 0.104. The van der Waals surface area contributed by atoms with Crippen molar-refractivity contribution in [3.05, 3.63) is 67.5 Å². The van der Waals surface area contributed by atoms with Crippen molar-refractivity contribution >= 4 is 70.7 Å². The number of carbonyl (C=O) groups is 1. The van der Waals surface area contributed by atoms with Crippen molar-refractivity contribution < 1.29 is 14.6 Å². The standard InChI is InChI=1S/C19H13Br3N2O3/c20-14-3-1-13-8-15(4-2-12(13)7-14)27-10-18(25)24-23-9-11-5-16(21)19(26)17(22)6-11/h1-9,26H,10H2,(H,24,25). The number of hydrazone groups is 1. The van der Waals surface area contributed by atoms with Crippen LogP contribution in [-0.4, -0.2) is 23.8 Å². The fourth-order valence-corrected chi connectivity index (χ4v) is 3.90. The number of phenolic OH excluding ortho intramolecular Hbond substituents is 1. The van der Waals surface area contributed by atoms with E-state index in [4.69, 9.17) is 4.74 Å². The van der Waals surface area contributed by atoms with Gasteiger partial charge in [0.05, 0.1) is 15.2 Å². The molecule has 0 aliphatic rings. The number of benzene rings is 3. The highest BCUT2D eigenvalue weighted by Crippen LogP contribution is 2.32. The summed E-state index contributed by atoms with van der Waals surface area (Å²) < 4.78 is 7.57. The van der Waals surface area contributed by atoms with Gasteiger partial charge in [0.15, 0.2) is 6.61 Å². The molecule has 8 heteroatoms. The maximum atomic E-state index is 11.9. The van der Waals surface area contributed by atoms with E-state index in [1.807, 2.05) is 36.4 Å². The Hall–Kier alpha value is -1.90. The normalized spacial score (nSPS) is 11.1. The molecular formula is C19H13Br3N2O3. The van der Waals surface area contributed by atoms with Crippen molar-refractivity contribution in [1.82, 2.24) is 5.43 Å². The third-order valence-electron chi connectivity index (χ3n) is 3.59. The van der Waals surface area contributed by atoms with E-state index in [0.29, 0.717) is 20.3 Å². The number of hydrogen-bond acceptors (Lipinski definition) is 4. The van der Waals surface area contributed by atoms with Crippen LogP contribution in [0.3, 0.4) is 0 Å². The minimum Gasteiger partial charge on any atom is -0.506 e. The number of rotatable bonds is 5. The van der Waals surface area contributed by atoms with Crippen LogP contribution in [0.15, 0.2) is 67.1 Å². The molecule has 0 unspecified atom stereocenters. The summed E-state index contributed by atoms with van der Waals surface area (Å²) in [6, 6.07) is 14.9. The molecule has 3 aromatic carbocycles. The third kappa shape index (κ3) is 5.31. The van der Waals surface area contributed by atoms with Gasteiger partial charge in [-0.15, -0.1) is 0 Å². The second-order valence-corrected chi connectivity index (χ2v) is 8.19. The largest absolute Gasteiger partial charge is 0.506 e. The molecule has 138 valence electrons. The molecular weight excluding hydrogens is 544 g/mol. The Kier molecular flexibility index (Phi) is 6.51. The van der Waals surface area contributed by atoms with E-state index in [9.17, 15) is 9.90 Å². The maximum Gasteiger partial charge on any atom is 0.277 e. The van der Waals surface area contributed by atoms with Crippen LogP contribution in [0.5, 0.6) is 11.5 Å². The number of amides is 1. The van der Waals surface area contributed by atoms with E-state index in [1.165, 1.54) is 6.21 Å². The van der Waals surface area contributed by atoms with Crippen molar-refractivity contribution in [2.75, 3.05) is 6.61 Å². The van der Waals surface area contributed by atoms with Crippen LogP contribution in [0.25, 0.3) is 10.8 Å². The Bertz CT molecular complexity index is 1010. The quantitative estimate of drug-likeness (QED) is 0.328. The fraction of sp³-hybridized carbons (Fsp3) is 0.0526. The Morgan fingerprint density at radius 2 is 1.70 bits per heavy atom. The van der Waals surface area contributed by atoms with Crippen molar-refractivity contribution in [2.45, 2.75) is 0 Å². The first kappa shape index (κ1) is 19.9. The van der Waals surface area contributed by atoms with Crippen LogP contribution in [0, 0.1) is 0 Å². The summed E-state index contributed by atoms with van der Waals surface area (Å²) in [6.45, 7) is -0.150. The molecule has 0 spiro atoms. The average Bonchev–Trinajstić information content (AvgIpc) is 2.64. The lowest BCUT2D eigenvalue weighted by molar-refractivity contribution is -0.123. The van der Waals surface area contributed by atoms with Gasteiger partial charge in [0, 0.05) is 4.47 Å². The summed E-state index contributed by atoms with van der Waals surface area (Å²) in [6.07, 6.45) is 1.47. The number of fused-ring (bicyclic) bond motifs is 1. The number of phenols is 1. The van der Waals surface area contributed by atoms with Gasteiger partial charge >= 0.3 is 0 Å². The Morgan fingerprint density at radius 3 is 2.44 bits per heavy atom. The molecule has 0 heterocycles. The van der Waals surface area contributed by atoms with E-state index in [2.05, 4.69) is 58.3 Å². The SMILES string of the molecule is O=C(COc1ccc2cc(Br)ccc2c1)NN=Cc1cc(Br)c(O)c(Br)c1. The molecule has 0 atom stereocenters. The molecule has 5 nitrogen and oxygen atoms in total. The van der Waals surface area contributed by atoms with Crippen LogP contribution in [0.1, 0.15) is 5.56 Å². The lowest BCUT2D eigenvalue weighted by Gasteiger charge is -2.07. The predicted octanol–water partition coefficient (Wildman–Crippen LogP) is 5.36. The molecule has 27 heavy (non-hydrogen) atoms. The zero-order valence-electron chi connectivity index (χ0n) is 13.7. The summed E-state index contributed by atoms with van der Waals surface area (Å²) in [5, 5.41) is 15.7. The highest BCUT2D eigenvalue weighted by Gasteiger charge is 2.05. The lowest BCUT2D eigenvalue weighted by Crippen LogP contribution is -2.24. The van der Waals surface area contributed by atoms with E-state index in [1.54, 1.807) is 12.1 Å². The second kappa shape index (κ2) is 8.86. The van der Waals surface area contributed by atoms with E-state index >= 15 is 0 Å². The van der Waals surface area contributed by atoms with Crippen LogP contribution in [0.4, 0.5) is 0 Å². The zero-order chi connectivity index (χ0) is 19.4. The Balaban J connectivity index is 1.56. The first-order valence-corrected chi connectivity index (χ1v) is 10.1. The minimum atomic E-state index is -0.376. The van der Waals surface area contributed by atoms with Gasteiger partial charge in [0.25, 0.3) is 5.91 Å². The smallest absolute Gasteiger partial charge is 0.277 e. The van der Waals surface area contributed by atoms with Gasteiger partial charge in [-0.3, -0.25) is 4.79 Å². The summed E-state index contributed by atoms with van der Waals surface area (Å²) in [7, 11) is 0. The maximum absolute atomic E-state index is 11.9. The highest BCUT2D eigenvalue weighted by atomic mass is 79.9. The Labute approximate surface area is 180 Å². The lowest BCUT2D eigenvalue weighted by atomic mass is 10.1. The highest BCUT2D eigenvalue weighted by molar-refractivity contribution is 9.11. The van der Waals surface area contributed by atoms with E-state index in [0.717, 1.165) is 15.2 Å². The van der Waals surface area contributed by atoms with Crippen LogP contribution in [-0.2, 0) is 4.79 Å². The monoisotopic (exact) mass is 554 g/mol. The first-order valence-electron chi connectivity index (χ1n) is 7.74. The number of carbonyl (C=O) groups excluding carboxylic acids is 1. The molecule has 0 aromatic heterocycles. The topological polar surface area (TPSA) is 70.9 Å². The van der Waals surface area contributed by atoms with Gasteiger partial charge in [0.1, 0.15) is 11.5 Å². The van der Waals surface area contributed by atoms with Crippen molar-refractivity contribution in [2.24, 2.45) is 5.10 Å². The molecule has 3 rings (SSSR count). The number of ether oxygens (including phenoxy) is 1. The van der Waals surface area contributed by atoms with Crippen LogP contribution < -0.4 is 10.2 Å². The van der Waals surface area contributed by atoms with Crippen LogP contribution >= 0.6 is 47.8 Å². The molecule has 0 aliphatic heterocycles. The molecule has 1 amide bonds. The van der Waals surface area contributed by atoms with Gasteiger partial charge in [0.2, 0.25) is 0 Å². The van der Waals surface area contributed by atoms with Gasteiger partial charge in [-0.25, -0.2) is 5.43 Å².